The number of hydrogen-bond acceptors (Lipinski definition) is 2. The zero-order valence-corrected chi connectivity index (χ0v) is 15.3. The van der Waals surface area contributed by atoms with E-state index in [-0.39, 0.29) is 18.3 Å². The molecule has 1 aliphatic heterocycles. The normalized spacial score (nSPS) is 19.5. The van der Waals surface area contributed by atoms with Gasteiger partial charge in [-0.15, -0.1) is 12.4 Å². The number of benzene rings is 1. The quantitative estimate of drug-likeness (QED) is 0.895. The summed E-state index contributed by atoms with van der Waals surface area (Å²) in [5.74, 6) is 0.213. The van der Waals surface area contributed by atoms with Crippen LogP contribution in [0.25, 0.3) is 0 Å². The zero-order valence-electron chi connectivity index (χ0n) is 14.5. The molecule has 4 rings (SSSR count). The van der Waals surface area contributed by atoms with Crippen LogP contribution >= 0.6 is 12.4 Å². The lowest BCUT2D eigenvalue weighted by Gasteiger charge is -2.26. The van der Waals surface area contributed by atoms with E-state index in [0.717, 1.165) is 19.4 Å². The molecule has 1 amide bonds. The number of piperidine rings is 1. The van der Waals surface area contributed by atoms with Crippen LogP contribution in [-0.4, -0.2) is 30.4 Å². The Balaban J connectivity index is 0.00000169. The minimum absolute atomic E-state index is 0. The van der Waals surface area contributed by atoms with Crippen LogP contribution in [0, 0.1) is 0 Å². The number of nitrogens with zero attached hydrogens (tertiary/aromatic N) is 1. The Morgan fingerprint density at radius 3 is 2.17 bits per heavy atom. The third kappa shape index (κ3) is 3.62. The second-order valence-electron chi connectivity index (χ2n) is 7.43. The SMILES string of the molecule is Cl.O=C(CCN1CCCCC1)Nc1c2c(cc3c1CCC3)CCC2. The van der Waals surface area contributed by atoms with E-state index < -0.39 is 0 Å². The predicted molar refractivity (Wildman–Crippen MR) is 101 cm³/mol. The number of likely N-dealkylation sites (tertiary alicyclic amines) is 1. The summed E-state index contributed by atoms with van der Waals surface area (Å²) in [7, 11) is 0. The highest BCUT2D eigenvalue weighted by atomic mass is 35.5. The van der Waals surface area contributed by atoms with E-state index in [1.807, 2.05) is 0 Å². The third-order valence-electron chi connectivity index (χ3n) is 5.84. The first kappa shape index (κ1) is 17.8. The molecule has 3 nitrogen and oxygen atoms in total. The molecule has 1 aromatic carbocycles. The molecule has 1 saturated heterocycles. The molecular weight excluding hydrogens is 320 g/mol. The molecule has 0 atom stereocenters. The van der Waals surface area contributed by atoms with E-state index >= 15 is 0 Å². The minimum Gasteiger partial charge on any atom is -0.326 e. The Labute approximate surface area is 151 Å². The molecule has 0 radical (unpaired) electrons. The van der Waals surface area contributed by atoms with E-state index in [2.05, 4.69) is 16.3 Å². The maximum atomic E-state index is 12.5. The molecule has 132 valence electrons. The summed E-state index contributed by atoms with van der Waals surface area (Å²) in [5, 5.41) is 3.32. The van der Waals surface area contributed by atoms with E-state index in [9.17, 15) is 4.79 Å². The number of carbonyl (C=O) groups is 1. The number of anilines is 1. The van der Waals surface area contributed by atoms with E-state index in [4.69, 9.17) is 0 Å². The second kappa shape index (κ2) is 7.88. The van der Waals surface area contributed by atoms with Gasteiger partial charge in [-0.2, -0.15) is 0 Å². The summed E-state index contributed by atoms with van der Waals surface area (Å²) in [4.78, 5) is 15.0. The molecule has 0 spiro atoms. The number of aryl methyl sites for hydroxylation is 2. The zero-order chi connectivity index (χ0) is 15.6. The van der Waals surface area contributed by atoms with Crippen molar-refractivity contribution < 1.29 is 4.79 Å². The smallest absolute Gasteiger partial charge is 0.225 e. The maximum Gasteiger partial charge on any atom is 0.225 e. The van der Waals surface area contributed by atoms with Crippen molar-refractivity contribution in [3.05, 3.63) is 28.3 Å². The van der Waals surface area contributed by atoms with Gasteiger partial charge in [0.1, 0.15) is 0 Å². The fourth-order valence-electron chi connectivity index (χ4n) is 4.61. The van der Waals surface area contributed by atoms with Crippen molar-refractivity contribution in [3.8, 4) is 0 Å². The third-order valence-corrected chi connectivity index (χ3v) is 5.84. The number of nitrogens with one attached hydrogen (secondary N) is 1. The van der Waals surface area contributed by atoms with Crippen molar-refractivity contribution in [2.45, 2.75) is 64.2 Å². The van der Waals surface area contributed by atoms with Gasteiger partial charge in [0.05, 0.1) is 0 Å². The summed E-state index contributed by atoms with van der Waals surface area (Å²) in [6.45, 7) is 3.26. The topological polar surface area (TPSA) is 32.3 Å². The number of amides is 1. The average Bonchev–Trinajstić information content (AvgIpc) is 3.22. The number of carbonyl (C=O) groups excluding carboxylic acids is 1. The average molecular weight is 349 g/mol. The van der Waals surface area contributed by atoms with Crippen molar-refractivity contribution in [1.82, 2.24) is 4.90 Å². The van der Waals surface area contributed by atoms with Crippen molar-refractivity contribution in [3.63, 3.8) is 0 Å². The monoisotopic (exact) mass is 348 g/mol. The molecule has 4 heteroatoms. The highest BCUT2D eigenvalue weighted by molar-refractivity contribution is 5.93. The first-order valence-electron chi connectivity index (χ1n) is 9.50. The first-order chi connectivity index (χ1) is 11.3. The molecule has 2 aliphatic carbocycles. The molecule has 0 bridgehead atoms. The lowest BCUT2D eigenvalue weighted by atomic mass is 9.98. The number of fused-ring (bicyclic) bond motifs is 2. The lowest BCUT2D eigenvalue weighted by Crippen LogP contribution is -2.32. The van der Waals surface area contributed by atoms with Crippen molar-refractivity contribution in [2.24, 2.45) is 0 Å². The first-order valence-corrected chi connectivity index (χ1v) is 9.50. The van der Waals surface area contributed by atoms with Crippen LogP contribution < -0.4 is 5.32 Å². The van der Waals surface area contributed by atoms with Crippen LogP contribution in [-0.2, 0) is 30.5 Å². The molecule has 1 aromatic rings. The molecule has 1 fully saturated rings. The van der Waals surface area contributed by atoms with Gasteiger partial charge in [0.25, 0.3) is 0 Å². The fourth-order valence-corrected chi connectivity index (χ4v) is 4.61. The van der Waals surface area contributed by atoms with E-state index in [1.165, 1.54) is 86.0 Å². The fraction of sp³-hybridized carbons (Fsp3) is 0.650. The second-order valence-corrected chi connectivity index (χ2v) is 7.43. The van der Waals surface area contributed by atoms with E-state index in [1.54, 1.807) is 0 Å². The molecule has 24 heavy (non-hydrogen) atoms. The largest absolute Gasteiger partial charge is 0.326 e. The Kier molecular flexibility index (Phi) is 5.83. The van der Waals surface area contributed by atoms with Gasteiger partial charge in [0.2, 0.25) is 5.91 Å². The number of rotatable bonds is 4. The Hall–Kier alpha value is -1.06. The Morgan fingerprint density at radius 2 is 1.54 bits per heavy atom. The highest BCUT2D eigenvalue weighted by Gasteiger charge is 2.25. The van der Waals surface area contributed by atoms with Gasteiger partial charge >= 0.3 is 0 Å². The summed E-state index contributed by atoms with van der Waals surface area (Å²) in [5.41, 5.74) is 7.08. The summed E-state index contributed by atoms with van der Waals surface area (Å²) in [6.07, 6.45) is 11.7. The highest BCUT2D eigenvalue weighted by Crippen LogP contribution is 2.38. The van der Waals surface area contributed by atoms with Crippen molar-refractivity contribution >= 4 is 24.0 Å². The van der Waals surface area contributed by atoms with Gasteiger partial charge in [-0.25, -0.2) is 0 Å². The van der Waals surface area contributed by atoms with Crippen LogP contribution in [0.1, 0.15) is 60.8 Å². The summed E-state index contributed by atoms with van der Waals surface area (Å²) < 4.78 is 0. The van der Waals surface area contributed by atoms with Gasteiger partial charge in [-0.1, -0.05) is 12.5 Å². The van der Waals surface area contributed by atoms with Gasteiger partial charge in [0, 0.05) is 18.7 Å². The van der Waals surface area contributed by atoms with E-state index in [0.29, 0.717) is 6.42 Å². The summed E-state index contributed by atoms with van der Waals surface area (Å²) in [6, 6.07) is 2.42. The minimum atomic E-state index is 0. The molecular formula is C20H29ClN2O. The van der Waals surface area contributed by atoms with Crippen LogP contribution in [0.5, 0.6) is 0 Å². The predicted octanol–water partition coefficient (Wildman–Crippen LogP) is 3.90. The van der Waals surface area contributed by atoms with Crippen LogP contribution in [0.3, 0.4) is 0 Å². The molecule has 0 unspecified atom stereocenters. The van der Waals surface area contributed by atoms with Crippen LogP contribution in [0.2, 0.25) is 0 Å². The Bertz CT molecular complexity index is 576. The molecule has 1 heterocycles. The van der Waals surface area contributed by atoms with Gasteiger partial charge < -0.3 is 10.2 Å². The Morgan fingerprint density at radius 1 is 0.917 bits per heavy atom. The molecule has 0 saturated carbocycles. The van der Waals surface area contributed by atoms with Crippen molar-refractivity contribution in [2.75, 3.05) is 25.0 Å². The summed E-state index contributed by atoms with van der Waals surface area (Å²) >= 11 is 0. The standard InChI is InChI=1S/C20H28N2O.ClH/c23-19(10-13-22-11-2-1-3-12-22)21-20-17-8-4-6-15(17)14-16-7-5-9-18(16)20;/h14H,1-13H2,(H,21,23);1H. The van der Waals surface area contributed by atoms with Gasteiger partial charge in [-0.05, 0) is 86.7 Å². The van der Waals surface area contributed by atoms with Gasteiger partial charge in [0.15, 0.2) is 0 Å². The molecule has 1 N–H and O–H groups in total. The number of halogens is 1. The van der Waals surface area contributed by atoms with Gasteiger partial charge in [-0.3, -0.25) is 4.79 Å². The number of hydrogen-bond donors (Lipinski definition) is 1. The van der Waals surface area contributed by atoms with Crippen LogP contribution in [0.4, 0.5) is 5.69 Å². The molecule has 3 aliphatic rings. The van der Waals surface area contributed by atoms with Crippen LogP contribution in [0.15, 0.2) is 6.07 Å². The maximum absolute atomic E-state index is 12.5. The van der Waals surface area contributed by atoms with Crippen molar-refractivity contribution in [1.29, 1.82) is 0 Å². The lowest BCUT2D eigenvalue weighted by molar-refractivity contribution is -0.116. The molecule has 0 aromatic heterocycles.